The normalized spacial score (nSPS) is 11.8. The summed E-state index contributed by atoms with van der Waals surface area (Å²) in [5.41, 5.74) is 2.45. The van der Waals surface area contributed by atoms with Crippen LogP contribution in [0.4, 0.5) is 5.69 Å². The van der Waals surface area contributed by atoms with Gasteiger partial charge in [-0.2, -0.15) is 5.10 Å². The number of carbonyl (C=O) groups is 1. The van der Waals surface area contributed by atoms with Crippen LogP contribution < -0.4 is 10.2 Å². The number of pyridine rings is 1. The SMILES string of the molecule is CC(=NNc1ccc(Oc2ccc(S(C)(=O)=O)cn2)cc1O)C(=O)O. The molecule has 0 radical (unpaired) electrons. The number of hydrogen-bond donors (Lipinski definition) is 3. The zero-order valence-corrected chi connectivity index (χ0v) is 14.1. The maximum absolute atomic E-state index is 11.4. The minimum atomic E-state index is -3.34. The van der Waals surface area contributed by atoms with E-state index in [9.17, 15) is 18.3 Å². The smallest absolute Gasteiger partial charge is 0.351 e. The molecule has 0 bridgehead atoms. The van der Waals surface area contributed by atoms with E-state index in [1.54, 1.807) is 0 Å². The van der Waals surface area contributed by atoms with Crippen LogP contribution in [0, 0.1) is 0 Å². The molecular weight excluding hydrogens is 350 g/mol. The van der Waals surface area contributed by atoms with Crippen molar-refractivity contribution in [3.63, 3.8) is 0 Å². The Morgan fingerprint density at radius 3 is 2.52 bits per heavy atom. The van der Waals surface area contributed by atoms with Gasteiger partial charge >= 0.3 is 5.97 Å². The summed E-state index contributed by atoms with van der Waals surface area (Å²) >= 11 is 0. The first kappa shape index (κ1) is 18.2. The Kier molecular flexibility index (Phi) is 5.22. The van der Waals surface area contributed by atoms with Gasteiger partial charge in [-0.05, 0) is 25.1 Å². The molecule has 0 spiro atoms. The molecule has 0 aliphatic rings. The molecule has 25 heavy (non-hydrogen) atoms. The van der Waals surface area contributed by atoms with Gasteiger partial charge in [0.25, 0.3) is 0 Å². The lowest BCUT2D eigenvalue weighted by atomic mass is 10.3. The zero-order valence-electron chi connectivity index (χ0n) is 13.3. The van der Waals surface area contributed by atoms with Crippen LogP contribution in [0.3, 0.4) is 0 Å². The van der Waals surface area contributed by atoms with Gasteiger partial charge < -0.3 is 14.9 Å². The Labute approximate surface area is 143 Å². The standard InChI is InChI=1S/C15H15N3O6S/c1-9(15(20)21)17-18-12-5-3-10(7-13(12)19)24-14-6-4-11(8-16-14)25(2,22)23/h3-8,18-19H,1-2H3,(H,20,21). The molecule has 1 heterocycles. The minimum Gasteiger partial charge on any atom is -0.506 e. The number of nitrogens with zero attached hydrogens (tertiary/aromatic N) is 2. The van der Waals surface area contributed by atoms with Gasteiger partial charge in [0, 0.05) is 24.6 Å². The van der Waals surface area contributed by atoms with Gasteiger partial charge in [-0.1, -0.05) is 0 Å². The number of anilines is 1. The Morgan fingerprint density at radius 2 is 2.00 bits per heavy atom. The highest BCUT2D eigenvalue weighted by atomic mass is 32.2. The summed E-state index contributed by atoms with van der Waals surface area (Å²) in [7, 11) is -3.34. The highest BCUT2D eigenvalue weighted by Crippen LogP contribution is 2.30. The van der Waals surface area contributed by atoms with Gasteiger partial charge in [-0.25, -0.2) is 18.2 Å². The summed E-state index contributed by atoms with van der Waals surface area (Å²) in [6.45, 7) is 1.30. The number of aromatic hydroxyl groups is 1. The molecule has 0 aliphatic heterocycles. The van der Waals surface area contributed by atoms with Crippen molar-refractivity contribution in [2.24, 2.45) is 5.10 Å². The lowest BCUT2D eigenvalue weighted by Gasteiger charge is -2.08. The van der Waals surface area contributed by atoms with Crippen LogP contribution in [-0.2, 0) is 14.6 Å². The number of aliphatic carboxylic acids is 1. The molecule has 132 valence electrons. The van der Waals surface area contributed by atoms with Crippen LogP contribution in [-0.4, -0.2) is 41.6 Å². The Morgan fingerprint density at radius 1 is 1.28 bits per heavy atom. The van der Waals surface area contributed by atoms with Gasteiger partial charge in [0.15, 0.2) is 9.84 Å². The van der Waals surface area contributed by atoms with Gasteiger partial charge in [0.1, 0.15) is 17.2 Å². The number of hydrogen-bond acceptors (Lipinski definition) is 8. The molecule has 9 nitrogen and oxygen atoms in total. The van der Waals surface area contributed by atoms with Crippen molar-refractivity contribution in [2.75, 3.05) is 11.7 Å². The number of sulfone groups is 1. The monoisotopic (exact) mass is 365 g/mol. The molecule has 3 N–H and O–H groups in total. The van der Waals surface area contributed by atoms with Gasteiger partial charge in [0.2, 0.25) is 5.88 Å². The number of rotatable bonds is 6. The largest absolute Gasteiger partial charge is 0.506 e. The maximum Gasteiger partial charge on any atom is 0.351 e. The van der Waals surface area contributed by atoms with Crippen molar-refractivity contribution in [3.8, 4) is 17.4 Å². The number of carboxylic acids is 1. The predicted octanol–water partition coefficient (Wildman–Crippen LogP) is 1.86. The summed E-state index contributed by atoms with van der Waals surface area (Å²) < 4.78 is 28.2. The number of aromatic nitrogens is 1. The molecule has 2 aromatic rings. The van der Waals surface area contributed by atoms with Crippen LogP contribution in [0.25, 0.3) is 0 Å². The van der Waals surface area contributed by atoms with E-state index in [-0.39, 0.29) is 33.7 Å². The molecule has 0 saturated carbocycles. The highest BCUT2D eigenvalue weighted by Gasteiger charge is 2.09. The second-order valence-electron chi connectivity index (χ2n) is 5.00. The molecule has 0 amide bonds. The average molecular weight is 365 g/mol. The number of phenolic OH excluding ortho intramolecular Hbond substituents is 1. The summed E-state index contributed by atoms with van der Waals surface area (Å²) in [6.07, 6.45) is 2.24. The molecule has 1 aromatic heterocycles. The number of benzene rings is 1. The lowest BCUT2D eigenvalue weighted by Crippen LogP contribution is -2.10. The van der Waals surface area contributed by atoms with Crippen molar-refractivity contribution in [2.45, 2.75) is 11.8 Å². The molecule has 0 unspecified atom stereocenters. The lowest BCUT2D eigenvalue weighted by molar-refractivity contribution is -0.129. The Balaban J connectivity index is 2.13. The maximum atomic E-state index is 11.4. The van der Waals surface area contributed by atoms with E-state index in [0.29, 0.717) is 0 Å². The number of nitrogens with one attached hydrogen (secondary N) is 1. The molecule has 10 heteroatoms. The Hall–Kier alpha value is -3.14. The highest BCUT2D eigenvalue weighted by molar-refractivity contribution is 7.90. The fourth-order valence-corrected chi connectivity index (χ4v) is 2.19. The summed E-state index contributed by atoms with van der Waals surface area (Å²) in [4.78, 5) is 14.6. The van der Waals surface area contributed by atoms with Crippen molar-refractivity contribution in [3.05, 3.63) is 36.5 Å². The summed E-state index contributed by atoms with van der Waals surface area (Å²) in [5.74, 6) is -1.00. The Bertz CT molecular complexity index is 923. The number of hydrazone groups is 1. The van der Waals surface area contributed by atoms with Gasteiger partial charge in [0.05, 0.1) is 10.6 Å². The molecule has 1 aromatic carbocycles. The second-order valence-corrected chi connectivity index (χ2v) is 7.02. The third-order valence-electron chi connectivity index (χ3n) is 2.98. The number of carboxylic acid groups (broad SMARTS) is 1. The fraction of sp³-hybridized carbons (Fsp3) is 0.133. The van der Waals surface area contributed by atoms with Crippen LogP contribution >= 0.6 is 0 Å². The predicted molar refractivity (Wildman–Crippen MR) is 89.9 cm³/mol. The van der Waals surface area contributed by atoms with E-state index in [4.69, 9.17) is 9.84 Å². The van der Waals surface area contributed by atoms with Crippen molar-refractivity contribution < 1.29 is 28.2 Å². The number of phenols is 1. The molecule has 0 atom stereocenters. The van der Waals surface area contributed by atoms with Crippen molar-refractivity contribution in [1.29, 1.82) is 0 Å². The zero-order chi connectivity index (χ0) is 18.6. The van der Waals surface area contributed by atoms with Crippen molar-refractivity contribution >= 4 is 27.2 Å². The van der Waals surface area contributed by atoms with E-state index >= 15 is 0 Å². The van der Waals surface area contributed by atoms with Crippen LogP contribution in [0.1, 0.15) is 6.92 Å². The topological polar surface area (TPSA) is 138 Å². The van der Waals surface area contributed by atoms with E-state index in [0.717, 1.165) is 6.26 Å². The fourth-order valence-electron chi connectivity index (χ4n) is 1.63. The third kappa shape index (κ3) is 4.91. The summed E-state index contributed by atoms with van der Waals surface area (Å²) in [5, 5.41) is 22.2. The van der Waals surface area contributed by atoms with Gasteiger partial charge in [-0.15, -0.1) is 0 Å². The molecular formula is C15H15N3O6S. The quantitative estimate of drug-likeness (QED) is 0.400. The summed E-state index contributed by atoms with van der Waals surface area (Å²) in [6, 6.07) is 6.96. The number of ether oxygens (including phenoxy) is 1. The average Bonchev–Trinajstić information content (AvgIpc) is 2.53. The van der Waals surface area contributed by atoms with Gasteiger partial charge in [-0.3, -0.25) is 5.43 Å². The molecule has 2 rings (SSSR count). The van der Waals surface area contributed by atoms with E-state index in [1.807, 2.05) is 0 Å². The second kappa shape index (κ2) is 7.18. The third-order valence-corrected chi connectivity index (χ3v) is 4.08. The van der Waals surface area contributed by atoms with E-state index < -0.39 is 15.8 Å². The molecule has 0 aliphatic carbocycles. The van der Waals surface area contributed by atoms with E-state index in [1.165, 1.54) is 43.5 Å². The first-order chi connectivity index (χ1) is 11.7. The van der Waals surface area contributed by atoms with Crippen LogP contribution in [0.2, 0.25) is 0 Å². The molecule has 0 saturated heterocycles. The first-order valence-corrected chi connectivity index (χ1v) is 8.76. The van der Waals surface area contributed by atoms with Crippen LogP contribution in [0.15, 0.2) is 46.5 Å². The van der Waals surface area contributed by atoms with Crippen molar-refractivity contribution in [1.82, 2.24) is 4.98 Å². The molecule has 0 fully saturated rings. The first-order valence-electron chi connectivity index (χ1n) is 6.87. The minimum absolute atomic E-state index is 0.0638. The van der Waals surface area contributed by atoms with E-state index in [2.05, 4.69) is 15.5 Å². The van der Waals surface area contributed by atoms with Crippen LogP contribution in [0.5, 0.6) is 17.4 Å².